The van der Waals surface area contributed by atoms with Crippen molar-refractivity contribution >= 4 is 37.2 Å². The predicted molar refractivity (Wildman–Crippen MR) is 101 cm³/mol. The van der Waals surface area contributed by atoms with E-state index in [-0.39, 0.29) is 18.7 Å². The van der Waals surface area contributed by atoms with E-state index in [9.17, 15) is 24.1 Å². The summed E-state index contributed by atoms with van der Waals surface area (Å²) in [5, 5.41) is 8.18. The van der Waals surface area contributed by atoms with Gasteiger partial charge in [0.2, 0.25) is 5.91 Å². The SMILES string of the molecule is CCOP(=O)(CSC(CC(=O)O)C(=O)N1CCCC[C@H]1C(=O)OC)OCC. The lowest BCUT2D eigenvalue weighted by Gasteiger charge is -2.35. The van der Waals surface area contributed by atoms with Crippen molar-refractivity contribution in [2.75, 3.05) is 32.4 Å². The third-order valence-electron chi connectivity index (χ3n) is 3.98. The number of methoxy groups -OCH3 is 1. The van der Waals surface area contributed by atoms with E-state index in [0.29, 0.717) is 13.0 Å². The summed E-state index contributed by atoms with van der Waals surface area (Å²) in [5.74, 6) is -2.15. The highest BCUT2D eigenvalue weighted by molar-refractivity contribution is 8.05. The minimum Gasteiger partial charge on any atom is -0.481 e. The smallest absolute Gasteiger partial charge is 0.340 e. The Morgan fingerprint density at radius 1 is 1.22 bits per heavy atom. The Morgan fingerprint density at radius 3 is 2.37 bits per heavy atom. The first kappa shape index (κ1) is 23.9. The molecule has 1 aliphatic rings. The highest BCUT2D eigenvalue weighted by Crippen LogP contribution is 2.51. The van der Waals surface area contributed by atoms with E-state index in [0.717, 1.165) is 24.6 Å². The molecule has 2 atom stereocenters. The lowest BCUT2D eigenvalue weighted by Crippen LogP contribution is -2.51. The van der Waals surface area contributed by atoms with E-state index in [1.807, 2.05) is 0 Å². The van der Waals surface area contributed by atoms with Crippen LogP contribution in [0.4, 0.5) is 0 Å². The van der Waals surface area contributed by atoms with Crippen LogP contribution in [0.15, 0.2) is 0 Å². The summed E-state index contributed by atoms with van der Waals surface area (Å²) in [6, 6.07) is -0.723. The minimum absolute atomic E-state index is 0.144. The fraction of sp³-hybridized carbons (Fsp3) is 0.812. The van der Waals surface area contributed by atoms with Crippen molar-refractivity contribution in [2.24, 2.45) is 0 Å². The second kappa shape index (κ2) is 11.7. The number of hydrogen-bond acceptors (Lipinski definition) is 8. The van der Waals surface area contributed by atoms with Gasteiger partial charge in [0, 0.05) is 6.54 Å². The van der Waals surface area contributed by atoms with E-state index in [1.54, 1.807) is 13.8 Å². The maximum Gasteiger partial charge on any atom is 0.340 e. The molecule has 0 aromatic heterocycles. The largest absolute Gasteiger partial charge is 0.481 e. The Balaban J connectivity index is 2.93. The van der Waals surface area contributed by atoms with E-state index in [4.69, 9.17) is 13.8 Å². The topological polar surface area (TPSA) is 119 Å². The molecule has 0 spiro atoms. The van der Waals surface area contributed by atoms with Crippen LogP contribution in [0.1, 0.15) is 39.5 Å². The molecule has 1 aliphatic heterocycles. The van der Waals surface area contributed by atoms with Gasteiger partial charge in [-0.25, -0.2) is 4.79 Å². The Bertz CT molecular complexity index is 563. The lowest BCUT2D eigenvalue weighted by atomic mass is 10.0. The molecule has 0 aromatic carbocycles. The Kier molecular flexibility index (Phi) is 10.4. The number of esters is 1. The zero-order valence-corrected chi connectivity index (χ0v) is 17.6. The van der Waals surface area contributed by atoms with Crippen molar-refractivity contribution in [3.05, 3.63) is 0 Å². The molecule has 1 rings (SSSR count). The van der Waals surface area contributed by atoms with Gasteiger partial charge >= 0.3 is 19.5 Å². The number of nitrogens with zero attached hydrogens (tertiary/aromatic N) is 1. The summed E-state index contributed by atoms with van der Waals surface area (Å²) in [6.07, 6.45) is 1.52. The van der Waals surface area contributed by atoms with Crippen molar-refractivity contribution in [1.29, 1.82) is 0 Å². The molecule has 1 unspecified atom stereocenters. The van der Waals surface area contributed by atoms with Gasteiger partial charge in [-0.15, -0.1) is 11.8 Å². The fourth-order valence-electron chi connectivity index (χ4n) is 2.82. The van der Waals surface area contributed by atoms with Gasteiger partial charge in [-0.3, -0.25) is 14.2 Å². The molecule has 0 bridgehead atoms. The van der Waals surface area contributed by atoms with Gasteiger partial charge in [0.1, 0.15) is 6.04 Å². The van der Waals surface area contributed by atoms with Crippen LogP contribution in [0.25, 0.3) is 0 Å². The van der Waals surface area contributed by atoms with E-state index in [1.165, 1.54) is 12.0 Å². The third-order valence-corrected chi connectivity index (χ3v) is 7.92. The number of amides is 1. The van der Waals surface area contributed by atoms with Crippen LogP contribution in [0.5, 0.6) is 0 Å². The highest BCUT2D eigenvalue weighted by Gasteiger charge is 2.38. The Labute approximate surface area is 163 Å². The molecular weight excluding hydrogens is 397 g/mol. The minimum atomic E-state index is -3.43. The quantitative estimate of drug-likeness (QED) is 0.393. The van der Waals surface area contributed by atoms with Gasteiger partial charge in [0.05, 0.1) is 37.5 Å². The number of carbonyl (C=O) groups excluding carboxylic acids is 2. The van der Waals surface area contributed by atoms with Gasteiger partial charge in [-0.1, -0.05) is 0 Å². The monoisotopic (exact) mass is 425 g/mol. The number of carbonyl (C=O) groups is 3. The van der Waals surface area contributed by atoms with Crippen LogP contribution in [-0.2, 0) is 32.7 Å². The average molecular weight is 425 g/mol. The van der Waals surface area contributed by atoms with Crippen molar-refractivity contribution in [2.45, 2.75) is 50.8 Å². The van der Waals surface area contributed by atoms with Crippen molar-refractivity contribution in [3.8, 4) is 0 Å². The summed E-state index contributed by atoms with van der Waals surface area (Å²) in [5.41, 5.74) is -0.144. The fourth-order valence-corrected chi connectivity index (χ4v) is 6.27. The molecule has 0 saturated carbocycles. The number of carboxylic acid groups (broad SMARTS) is 1. The first-order valence-electron chi connectivity index (χ1n) is 8.87. The summed E-state index contributed by atoms with van der Waals surface area (Å²) in [6.45, 7) is 4.04. The van der Waals surface area contributed by atoms with Crippen LogP contribution in [0.2, 0.25) is 0 Å². The molecule has 11 heteroatoms. The van der Waals surface area contributed by atoms with Crippen molar-refractivity contribution in [1.82, 2.24) is 4.90 Å². The first-order chi connectivity index (χ1) is 12.8. The number of rotatable bonds is 11. The number of thioether (sulfide) groups is 1. The van der Waals surface area contributed by atoms with Gasteiger partial charge in [0.25, 0.3) is 0 Å². The lowest BCUT2D eigenvalue weighted by molar-refractivity contribution is -0.154. The van der Waals surface area contributed by atoms with Crippen LogP contribution in [-0.4, -0.2) is 71.5 Å². The molecule has 1 N–H and O–H groups in total. The third kappa shape index (κ3) is 7.44. The predicted octanol–water partition coefficient (Wildman–Crippen LogP) is 2.34. The number of aliphatic carboxylic acids is 1. The summed E-state index contributed by atoms with van der Waals surface area (Å²) in [7, 11) is -2.18. The number of ether oxygens (including phenoxy) is 1. The molecule has 0 aromatic rings. The average Bonchev–Trinajstić information content (AvgIpc) is 2.64. The van der Waals surface area contributed by atoms with Crippen LogP contribution in [0, 0.1) is 0 Å². The zero-order valence-electron chi connectivity index (χ0n) is 15.9. The summed E-state index contributed by atoms with van der Waals surface area (Å²) >= 11 is 0.923. The molecule has 0 radical (unpaired) electrons. The molecule has 1 saturated heterocycles. The van der Waals surface area contributed by atoms with Crippen LogP contribution >= 0.6 is 19.4 Å². The van der Waals surface area contributed by atoms with Gasteiger partial charge < -0.3 is 23.8 Å². The van der Waals surface area contributed by atoms with Crippen LogP contribution in [0.3, 0.4) is 0 Å². The molecule has 27 heavy (non-hydrogen) atoms. The van der Waals surface area contributed by atoms with Gasteiger partial charge in [0.15, 0.2) is 0 Å². The van der Waals surface area contributed by atoms with Gasteiger partial charge in [-0.05, 0) is 33.1 Å². The number of hydrogen-bond donors (Lipinski definition) is 1. The van der Waals surface area contributed by atoms with Crippen molar-refractivity contribution < 1.29 is 37.8 Å². The van der Waals surface area contributed by atoms with E-state index < -0.39 is 43.2 Å². The first-order valence-corrected chi connectivity index (χ1v) is 11.7. The Hall–Kier alpha value is -1.09. The number of piperidine rings is 1. The molecule has 156 valence electrons. The second-order valence-electron chi connectivity index (χ2n) is 5.90. The standard InChI is InChI=1S/C16H28NO8PS/c1-4-24-26(22,25-5-2)11-27-13(10-14(18)19)15(20)17-9-7-6-8-12(17)16(21)23-3/h12-13H,4-11H2,1-3H3,(H,18,19)/t12-,13?/m0/s1. The molecule has 1 amide bonds. The summed E-state index contributed by atoms with van der Waals surface area (Å²) < 4.78 is 27.8. The normalized spacial score (nSPS) is 18.8. The molecule has 1 heterocycles. The molecule has 1 fully saturated rings. The molecule has 0 aliphatic carbocycles. The zero-order chi connectivity index (χ0) is 20.4. The van der Waals surface area contributed by atoms with E-state index in [2.05, 4.69) is 0 Å². The number of likely N-dealkylation sites (tertiary alicyclic amines) is 1. The Morgan fingerprint density at radius 2 is 1.85 bits per heavy atom. The maximum absolute atomic E-state index is 13.0. The van der Waals surface area contributed by atoms with Crippen molar-refractivity contribution in [3.63, 3.8) is 0 Å². The molecular formula is C16H28NO8PS. The number of carboxylic acids is 1. The van der Waals surface area contributed by atoms with Gasteiger partial charge in [-0.2, -0.15) is 0 Å². The van der Waals surface area contributed by atoms with Crippen LogP contribution < -0.4 is 0 Å². The summed E-state index contributed by atoms with van der Waals surface area (Å²) in [4.78, 5) is 37.6. The maximum atomic E-state index is 13.0. The molecule has 9 nitrogen and oxygen atoms in total. The van der Waals surface area contributed by atoms with E-state index >= 15 is 0 Å². The highest BCUT2D eigenvalue weighted by atomic mass is 32.2. The second-order valence-corrected chi connectivity index (χ2v) is 9.57.